The summed E-state index contributed by atoms with van der Waals surface area (Å²) < 4.78 is 5.85. The fourth-order valence-corrected chi connectivity index (χ4v) is 4.03. The number of likely N-dealkylation sites (tertiary alicyclic amines) is 1. The van der Waals surface area contributed by atoms with Crippen LogP contribution in [-0.4, -0.2) is 46.2 Å². The summed E-state index contributed by atoms with van der Waals surface area (Å²) in [6, 6.07) is 7.91. The molecule has 0 unspecified atom stereocenters. The van der Waals surface area contributed by atoms with E-state index in [0.717, 1.165) is 61.5 Å². The lowest BCUT2D eigenvalue weighted by atomic mass is 9.86. The first-order valence-electron chi connectivity index (χ1n) is 10.1. The Hall–Kier alpha value is -2.01. The van der Waals surface area contributed by atoms with Gasteiger partial charge in [0.1, 0.15) is 11.4 Å². The van der Waals surface area contributed by atoms with Gasteiger partial charge in [-0.2, -0.15) is 0 Å². The highest BCUT2D eigenvalue weighted by molar-refractivity contribution is 5.98. The van der Waals surface area contributed by atoms with Crippen molar-refractivity contribution in [3.05, 3.63) is 30.0 Å². The molecule has 0 radical (unpaired) electrons. The summed E-state index contributed by atoms with van der Waals surface area (Å²) in [4.78, 5) is 18.1. The number of benzene rings is 1. The fourth-order valence-electron chi connectivity index (χ4n) is 4.03. The monoisotopic (exact) mass is 370 g/mol. The van der Waals surface area contributed by atoms with E-state index in [1.165, 1.54) is 12.8 Å². The van der Waals surface area contributed by atoms with E-state index < -0.39 is 5.60 Å². The first-order chi connectivity index (χ1) is 12.9. The number of piperidine rings is 1. The molecule has 2 aromatic rings. The second kappa shape index (κ2) is 7.19. The zero-order valence-electron chi connectivity index (χ0n) is 16.3. The Kier molecular flexibility index (Phi) is 4.89. The topological polar surface area (TPSA) is 65.6 Å². The summed E-state index contributed by atoms with van der Waals surface area (Å²) in [5, 5.41) is 11.0. The molecule has 1 saturated heterocycles. The van der Waals surface area contributed by atoms with Gasteiger partial charge in [0.05, 0.1) is 12.2 Å². The second-order valence-electron chi connectivity index (χ2n) is 8.94. The number of aromatic amines is 1. The van der Waals surface area contributed by atoms with E-state index in [2.05, 4.69) is 4.98 Å². The third-order valence-corrected chi connectivity index (χ3v) is 5.70. The van der Waals surface area contributed by atoms with Gasteiger partial charge in [-0.3, -0.25) is 4.79 Å². The maximum atomic E-state index is 12.9. The van der Waals surface area contributed by atoms with Gasteiger partial charge in [0.15, 0.2) is 0 Å². The quantitative estimate of drug-likeness (QED) is 0.809. The number of hydrogen-bond acceptors (Lipinski definition) is 3. The van der Waals surface area contributed by atoms with Gasteiger partial charge in [-0.05, 0) is 82.1 Å². The number of hydrogen-bond donors (Lipinski definition) is 2. The highest BCUT2D eigenvalue weighted by Crippen LogP contribution is 2.31. The van der Waals surface area contributed by atoms with E-state index in [4.69, 9.17) is 4.74 Å². The Labute approximate surface area is 160 Å². The van der Waals surface area contributed by atoms with Crippen molar-refractivity contribution in [2.45, 2.75) is 51.6 Å². The number of ether oxygens (including phenoxy) is 1. The largest absolute Gasteiger partial charge is 0.493 e. The van der Waals surface area contributed by atoms with Crippen LogP contribution in [0.15, 0.2) is 24.3 Å². The summed E-state index contributed by atoms with van der Waals surface area (Å²) >= 11 is 0. The van der Waals surface area contributed by atoms with E-state index in [0.29, 0.717) is 11.6 Å². The minimum absolute atomic E-state index is 0.0633. The van der Waals surface area contributed by atoms with Crippen LogP contribution in [0.4, 0.5) is 0 Å². The molecule has 2 aliphatic rings. The molecule has 146 valence electrons. The Morgan fingerprint density at radius 1 is 1.19 bits per heavy atom. The maximum Gasteiger partial charge on any atom is 0.270 e. The first-order valence-corrected chi connectivity index (χ1v) is 10.1. The lowest BCUT2D eigenvalue weighted by Gasteiger charge is -2.34. The molecular weight excluding hydrogens is 340 g/mol. The van der Waals surface area contributed by atoms with Crippen molar-refractivity contribution in [2.75, 3.05) is 19.7 Å². The molecule has 4 rings (SSSR count). The SMILES string of the molecule is CC(C)(O)CC1CCN(C(=O)c2cc3cc(OCC4CC4)ccc3[nH]2)CC1. The molecule has 5 heteroatoms. The molecule has 1 aliphatic carbocycles. The molecule has 0 bridgehead atoms. The van der Waals surface area contributed by atoms with E-state index in [1.54, 1.807) is 0 Å². The van der Waals surface area contributed by atoms with Gasteiger partial charge in [-0.25, -0.2) is 0 Å². The van der Waals surface area contributed by atoms with Crippen molar-refractivity contribution in [1.82, 2.24) is 9.88 Å². The molecule has 0 spiro atoms. The van der Waals surface area contributed by atoms with Gasteiger partial charge >= 0.3 is 0 Å². The second-order valence-corrected chi connectivity index (χ2v) is 8.94. The van der Waals surface area contributed by atoms with E-state index in [-0.39, 0.29) is 5.91 Å². The average molecular weight is 370 g/mol. The van der Waals surface area contributed by atoms with Crippen LogP contribution in [0.3, 0.4) is 0 Å². The third-order valence-electron chi connectivity index (χ3n) is 5.70. The van der Waals surface area contributed by atoms with Crippen LogP contribution in [0.1, 0.15) is 56.4 Å². The van der Waals surface area contributed by atoms with Crippen molar-refractivity contribution in [3.63, 3.8) is 0 Å². The first kappa shape index (κ1) is 18.4. The standard InChI is InChI=1S/C22H30N2O3/c1-22(2,26)13-15-7-9-24(10-8-15)21(25)20-12-17-11-18(5-6-19(17)23-20)27-14-16-3-4-16/h5-6,11-12,15-16,23,26H,3-4,7-10,13-14H2,1-2H3. The van der Waals surface area contributed by atoms with Crippen LogP contribution >= 0.6 is 0 Å². The van der Waals surface area contributed by atoms with Crippen LogP contribution in [0, 0.1) is 11.8 Å². The van der Waals surface area contributed by atoms with Gasteiger partial charge < -0.3 is 19.7 Å². The molecule has 2 N–H and O–H groups in total. The molecule has 1 aromatic carbocycles. The van der Waals surface area contributed by atoms with E-state index in [1.807, 2.05) is 43.0 Å². The summed E-state index contributed by atoms with van der Waals surface area (Å²) in [6.45, 7) is 6.02. The molecule has 2 fully saturated rings. The normalized spacial score (nSPS) is 18.9. The predicted octanol–water partition coefficient (Wildman–Crippen LogP) is 3.97. The van der Waals surface area contributed by atoms with Crippen LogP contribution in [0.2, 0.25) is 0 Å². The number of fused-ring (bicyclic) bond motifs is 1. The number of carbonyl (C=O) groups is 1. The predicted molar refractivity (Wildman–Crippen MR) is 106 cm³/mol. The average Bonchev–Trinajstić information content (AvgIpc) is 3.35. The molecule has 1 amide bonds. The van der Waals surface area contributed by atoms with E-state index in [9.17, 15) is 9.90 Å². The van der Waals surface area contributed by atoms with Crippen molar-refractivity contribution in [1.29, 1.82) is 0 Å². The number of amides is 1. The van der Waals surface area contributed by atoms with Gasteiger partial charge in [-0.1, -0.05) is 0 Å². The van der Waals surface area contributed by atoms with Crippen molar-refractivity contribution in [2.24, 2.45) is 11.8 Å². The van der Waals surface area contributed by atoms with Crippen molar-refractivity contribution in [3.8, 4) is 5.75 Å². The summed E-state index contributed by atoms with van der Waals surface area (Å²) in [6.07, 6.45) is 5.25. The minimum Gasteiger partial charge on any atom is -0.493 e. The van der Waals surface area contributed by atoms with Crippen LogP contribution in [0.25, 0.3) is 10.9 Å². The molecule has 1 saturated carbocycles. The van der Waals surface area contributed by atoms with Gasteiger partial charge in [0.25, 0.3) is 5.91 Å². The highest BCUT2D eigenvalue weighted by Gasteiger charge is 2.28. The van der Waals surface area contributed by atoms with Crippen LogP contribution < -0.4 is 4.74 Å². The highest BCUT2D eigenvalue weighted by atomic mass is 16.5. The Balaban J connectivity index is 1.39. The van der Waals surface area contributed by atoms with Gasteiger partial charge in [0.2, 0.25) is 0 Å². The molecule has 5 nitrogen and oxygen atoms in total. The lowest BCUT2D eigenvalue weighted by molar-refractivity contribution is 0.0357. The van der Waals surface area contributed by atoms with Gasteiger partial charge in [-0.15, -0.1) is 0 Å². The number of nitrogens with zero attached hydrogens (tertiary/aromatic N) is 1. The lowest BCUT2D eigenvalue weighted by Crippen LogP contribution is -2.40. The molecule has 1 aromatic heterocycles. The zero-order chi connectivity index (χ0) is 19.0. The zero-order valence-corrected chi connectivity index (χ0v) is 16.3. The third kappa shape index (κ3) is 4.64. The summed E-state index contributed by atoms with van der Waals surface area (Å²) in [5.41, 5.74) is 0.979. The number of aromatic nitrogens is 1. The fraction of sp³-hybridized carbons (Fsp3) is 0.591. The molecule has 27 heavy (non-hydrogen) atoms. The molecule has 1 aliphatic heterocycles. The number of rotatable bonds is 6. The minimum atomic E-state index is -0.632. The van der Waals surface area contributed by atoms with Crippen LogP contribution in [0.5, 0.6) is 5.75 Å². The van der Waals surface area contributed by atoms with Gasteiger partial charge in [0, 0.05) is 24.0 Å². The number of nitrogens with one attached hydrogen (secondary N) is 1. The Bertz CT molecular complexity index is 809. The molecular formula is C22H30N2O3. The number of carbonyl (C=O) groups excluding carboxylic acids is 1. The van der Waals surface area contributed by atoms with Crippen molar-refractivity contribution >= 4 is 16.8 Å². The molecule has 2 heterocycles. The van der Waals surface area contributed by atoms with Crippen LogP contribution in [-0.2, 0) is 0 Å². The smallest absolute Gasteiger partial charge is 0.270 e. The number of H-pyrrole nitrogens is 1. The molecule has 0 atom stereocenters. The summed E-state index contributed by atoms with van der Waals surface area (Å²) in [5.74, 6) is 2.15. The van der Waals surface area contributed by atoms with E-state index >= 15 is 0 Å². The van der Waals surface area contributed by atoms with Crippen molar-refractivity contribution < 1.29 is 14.6 Å². The summed E-state index contributed by atoms with van der Waals surface area (Å²) in [7, 11) is 0. The maximum absolute atomic E-state index is 12.9. The Morgan fingerprint density at radius 3 is 2.59 bits per heavy atom. The number of aliphatic hydroxyl groups is 1. The Morgan fingerprint density at radius 2 is 1.93 bits per heavy atom.